The number of amides is 2. The number of nitrogens with zero attached hydrogens (tertiary/aromatic N) is 1. The van der Waals surface area contributed by atoms with Crippen LogP contribution in [0.15, 0.2) is 27.2 Å². The van der Waals surface area contributed by atoms with Crippen LogP contribution >= 0.6 is 27.3 Å². The molecule has 22 heavy (non-hydrogen) atoms. The van der Waals surface area contributed by atoms with E-state index >= 15 is 0 Å². The number of hydrogen-bond acceptors (Lipinski definition) is 4. The van der Waals surface area contributed by atoms with Crippen molar-refractivity contribution in [2.24, 2.45) is 5.92 Å². The number of carbonyl (C=O) groups excluding carboxylic acids is 2. The van der Waals surface area contributed by atoms with Gasteiger partial charge < -0.3 is 10.1 Å². The third-order valence-corrected chi connectivity index (χ3v) is 5.12. The number of methoxy groups -OCH3 is 1. The van der Waals surface area contributed by atoms with Gasteiger partial charge in [-0.15, -0.1) is 11.3 Å². The van der Waals surface area contributed by atoms with E-state index in [0.29, 0.717) is 23.7 Å². The first-order valence-electron chi connectivity index (χ1n) is 6.97. The molecule has 5 nitrogen and oxygen atoms in total. The van der Waals surface area contributed by atoms with Gasteiger partial charge in [0.05, 0.1) is 22.5 Å². The third kappa shape index (κ3) is 3.35. The number of allylic oxidation sites excluding steroid dienone is 1. The Bertz CT molecular complexity index is 624. The molecule has 1 aliphatic rings. The summed E-state index contributed by atoms with van der Waals surface area (Å²) in [6.07, 6.45) is 0. The number of carbonyl (C=O) groups is 2. The first-order valence-corrected chi connectivity index (χ1v) is 8.58. The molecule has 2 rings (SSSR count). The first kappa shape index (κ1) is 17.0. The lowest BCUT2D eigenvalue weighted by atomic mass is 10.00. The van der Waals surface area contributed by atoms with Gasteiger partial charge in [-0.1, -0.05) is 13.8 Å². The Morgan fingerprint density at radius 2 is 2.18 bits per heavy atom. The topological polar surface area (TPSA) is 58.6 Å². The average Bonchev–Trinajstić information content (AvgIpc) is 2.88. The van der Waals surface area contributed by atoms with Crippen molar-refractivity contribution in [3.63, 3.8) is 0 Å². The average molecular weight is 387 g/mol. The Kier molecular flexibility index (Phi) is 5.28. The Balaban J connectivity index is 2.49. The zero-order valence-corrected chi connectivity index (χ0v) is 15.4. The van der Waals surface area contributed by atoms with Crippen LogP contribution in [0.4, 0.5) is 4.79 Å². The molecule has 2 amide bonds. The van der Waals surface area contributed by atoms with Crippen molar-refractivity contribution in [3.05, 3.63) is 32.1 Å². The molecule has 120 valence electrons. The summed E-state index contributed by atoms with van der Waals surface area (Å²) < 4.78 is 5.87. The highest BCUT2D eigenvalue weighted by atomic mass is 79.9. The summed E-state index contributed by atoms with van der Waals surface area (Å²) in [6.45, 7) is 6.41. The van der Waals surface area contributed by atoms with Crippen LogP contribution < -0.4 is 5.32 Å². The largest absolute Gasteiger partial charge is 0.466 e. The van der Waals surface area contributed by atoms with Crippen LogP contribution in [0.25, 0.3) is 0 Å². The molecule has 0 unspecified atom stereocenters. The number of ether oxygens (including phenoxy) is 1. The summed E-state index contributed by atoms with van der Waals surface area (Å²) in [7, 11) is 1.35. The third-order valence-electron chi connectivity index (χ3n) is 3.43. The zero-order chi connectivity index (χ0) is 16.4. The van der Waals surface area contributed by atoms with Crippen LogP contribution in [0.1, 0.15) is 31.7 Å². The molecule has 1 aromatic heterocycles. The number of urea groups is 1. The predicted molar refractivity (Wildman–Crippen MR) is 89.6 cm³/mol. The van der Waals surface area contributed by atoms with Crippen molar-refractivity contribution in [2.45, 2.75) is 26.8 Å². The SMILES string of the molecule is COC(=O)C1=C(C)N(CC(C)C)C(=O)N[C@@H]1c1ccc(Br)s1. The molecule has 2 heterocycles. The minimum absolute atomic E-state index is 0.187. The molecule has 0 aliphatic carbocycles. The summed E-state index contributed by atoms with van der Waals surface area (Å²) >= 11 is 4.90. The van der Waals surface area contributed by atoms with Gasteiger partial charge in [-0.05, 0) is 40.9 Å². The molecule has 0 bridgehead atoms. The molecular formula is C15H19BrN2O3S. The van der Waals surface area contributed by atoms with Crippen molar-refractivity contribution in [2.75, 3.05) is 13.7 Å². The summed E-state index contributed by atoms with van der Waals surface area (Å²) in [5, 5.41) is 2.92. The summed E-state index contributed by atoms with van der Waals surface area (Å²) in [5.74, 6) is -0.118. The molecule has 0 saturated carbocycles. The zero-order valence-electron chi connectivity index (χ0n) is 13.0. The lowest BCUT2D eigenvalue weighted by Gasteiger charge is -2.35. The lowest BCUT2D eigenvalue weighted by Crippen LogP contribution is -2.48. The van der Waals surface area contributed by atoms with Gasteiger partial charge in [-0.3, -0.25) is 4.90 Å². The quantitative estimate of drug-likeness (QED) is 0.802. The van der Waals surface area contributed by atoms with E-state index in [1.54, 1.807) is 11.8 Å². The monoisotopic (exact) mass is 386 g/mol. The van der Waals surface area contributed by atoms with Gasteiger partial charge in [-0.25, -0.2) is 9.59 Å². The highest BCUT2D eigenvalue weighted by molar-refractivity contribution is 9.11. The molecule has 0 aromatic carbocycles. The minimum Gasteiger partial charge on any atom is -0.466 e. The molecule has 0 radical (unpaired) electrons. The fraction of sp³-hybridized carbons (Fsp3) is 0.467. The number of hydrogen-bond donors (Lipinski definition) is 1. The van der Waals surface area contributed by atoms with Gasteiger partial charge in [-0.2, -0.15) is 0 Å². The second-order valence-electron chi connectivity index (χ2n) is 5.52. The smallest absolute Gasteiger partial charge is 0.338 e. The van der Waals surface area contributed by atoms with Crippen molar-refractivity contribution in [1.82, 2.24) is 10.2 Å². The highest BCUT2D eigenvalue weighted by Gasteiger charge is 2.36. The summed E-state index contributed by atoms with van der Waals surface area (Å²) in [5.41, 5.74) is 1.14. The minimum atomic E-state index is -0.473. The van der Waals surface area contributed by atoms with Crippen LogP contribution in [-0.2, 0) is 9.53 Å². The number of nitrogens with one attached hydrogen (secondary N) is 1. The van der Waals surface area contributed by atoms with E-state index in [1.165, 1.54) is 18.4 Å². The molecule has 0 spiro atoms. The van der Waals surface area contributed by atoms with E-state index in [9.17, 15) is 9.59 Å². The van der Waals surface area contributed by atoms with Crippen LogP contribution in [0.5, 0.6) is 0 Å². The van der Waals surface area contributed by atoms with Crippen LogP contribution in [-0.4, -0.2) is 30.6 Å². The molecule has 0 saturated heterocycles. The van der Waals surface area contributed by atoms with E-state index in [1.807, 2.05) is 26.0 Å². The standard InChI is InChI=1S/C15H19BrN2O3S/c1-8(2)7-18-9(3)12(14(19)21-4)13(17-15(18)20)10-5-6-11(16)22-10/h5-6,8,13H,7H2,1-4H3,(H,17,20)/t13-/m1/s1. The molecule has 1 atom stereocenters. The summed E-state index contributed by atoms with van der Waals surface area (Å²) in [4.78, 5) is 27.1. The molecule has 1 aliphatic heterocycles. The van der Waals surface area contributed by atoms with Crippen LogP contribution in [0.3, 0.4) is 0 Å². The predicted octanol–water partition coefficient (Wildman–Crippen LogP) is 3.68. The Morgan fingerprint density at radius 1 is 1.50 bits per heavy atom. The maximum absolute atomic E-state index is 12.4. The fourth-order valence-electron chi connectivity index (χ4n) is 2.44. The molecule has 0 fully saturated rings. The number of rotatable bonds is 4. The fourth-order valence-corrected chi connectivity index (χ4v) is 3.92. The van der Waals surface area contributed by atoms with Gasteiger partial charge in [0.25, 0.3) is 0 Å². The van der Waals surface area contributed by atoms with Crippen molar-refractivity contribution < 1.29 is 14.3 Å². The van der Waals surface area contributed by atoms with E-state index < -0.39 is 12.0 Å². The second kappa shape index (κ2) is 6.83. The Hall–Kier alpha value is -1.34. The first-order chi connectivity index (χ1) is 10.3. The normalized spacial score (nSPS) is 18.7. The maximum Gasteiger partial charge on any atom is 0.338 e. The van der Waals surface area contributed by atoms with E-state index in [-0.39, 0.29) is 6.03 Å². The van der Waals surface area contributed by atoms with Gasteiger partial charge in [0, 0.05) is 17.1 Å². The molecule has 1 aromatic rings. The van der Waals surface area contributed by atoms with Gasteiger partial charge in [0.1, 0.15) is 0 Å². The number of halogens is 1. The molecule has 1 N–H and O–H groups in total. The van der Waals surface area contributed by atoms with Crippen LogP contribution in [0.2, 0.25) is 0 Å². The van der Waals surface area contributed by atoms with Crippen LogP contribution in [0, 0.1) is 5.92 Å². The lowest BCUT2D eigenvalue weighted by molar-refractivity contribution is -0.136. The summed E-state index contributed by atoms with van der Waals surface area (Å²) in [6, 6.07) is 3.14. The number of esters is 1. The second-order valence-corrected chi connectivity index (χ2v) is 8.01. The van der Waals surface area contributed by atoms with Gasteiger partial charge in [0.15, 0.2) is 0 Å². The maximum atomic E-state index is 12.4. The highest BCUT2D eigenvalue weighted by Crippen LogP contribution is 2.36. The van der Waals surface area contributed by atoms with Crippen molar-refractivity contribution in [3.8, 4) is 0 Å². The number of thiophene rings is 1. The molecule has 7 heteroatoms. The van der Waals surface area contributed by atoms with E-state index in [2.05, 4.69) is 21.2 Å². The molecular weight excluding hydrogens is 368 g/mol. The van der Waals surface area contributed by atoms with E-state index in [0.717, 1.165) is 8.66 Å². The van der Waals surface area contributed by atoms with Gasteiger partial charge >= 0.3 is 12.0 Å². The Morgan fingerprint density at radius 3 is 2.68 bits per heavy atom. The van der Waals surface area contributed by atoms with E-state index in [4.69, 9.17) is 4.74 Å². The van der Waals surface area contributed by atoms with Gasteiger partial charge in [0.2, 0.25) is 0 Å². The van der Waals surface area contributed by atoms with Crippen molar-refractivity contribution >= 4 is 39.3 Å². The Labute approximate surface area is 142 Å². The van der Waals surface area contributed by atoms with Crippen molar-refractivity contribution in [1.29, 1.82) is 0 Å².